The first kappa shape index (κ1) is 19.3. The van der Waals surface area contributed by atoms with E-state index in [1.807, 2.05) is 32.9 Å². The summed E-state index contributed by atoms with van der Waals surface area (Å²) in [4.78, 5) is 16.3. The largest absolute Gasteiger partial charge is 0.493 e. The quantitative estimate of drug-likeness (QED) is 0.616. The Morgan fingerprint density at radius 3 is 2.71 bits per heavy atom. The Morgan fingerprint density at radius 1 is 1.14 bits per heavy atom. The Labute approximate surface area is 170 Å². The van der Waals surface area contributed by atoms with Crippen molar-refractivity contribution in [1.82, 2.24) is 19.9 Å². The average molecular weight is 397 g/mol. The lowest BCUT2D eigenvalue weighted by molar-refractivity contribution is 0.0993. The minimum Gasteiger partial charge on any atom is -0.493 e. The van der Waals surface area contributed by atoms with E-state index in [-0.39, 0.29) is 0 Å². The van der Waals surface area contributed by atoms with E-state index in [1.165, 1.54) is 17.5 Å². The fourth-order valence-corrected chi connectivity index (χ4v) is 4.81. The zero-order chi connectivity index (χ0) is 19.7. The summed E-state index contributed by atoms with van der Waals surface area (Å²) in [5, 5.41) is 1.07. The first-order valence-corrected chi connectivity index (χ1v) is 10.9. The predicted octanol–water partition coefficient (Wildman–Crippen LogP) is 4.86. The maximum atomic E-state index is 6.11. The van der Waals surface area contributed by atoms with Gasteiger partial charge < -0.3 is 4.74 Å². The van der Waals surface area contributed by atoms with Gasteiger partial charge in [0.15, 0.2) is 5.65 Å². The molecule has 4 rings (SSSR count). The highest BCUT2D eigenvalue weighted by Crippen LogP contribution is 2.28. The zero-order valence-electron chi connectivity index (χ0n) is 17.1. The van der Waals surface area contributed by atoms with Gasteiger partial charge in [0.25, 0.3) is 0 Å². The molecule has 0 spiro atoms. The van der Waals surface area contributed by atoms with Crippen LogP contribution in [0.15, 0.2) is 24.3 Å². The van der Waals surface area contributed by atoms with Crippen LogP contribution >= 0.6 is 11.3 Å². The molecule has 6 heteroatoms. The van der Waals surface area contributed by atoms with Crippen LogP contribution in [0.2, 0.25) is 0 Å². The van der Waals surface area contributed by atoms with Crippen molar-refractivity contribution in [2.75, 3.05) is 19.7 Å². The second-order valence-corrected chi connectivity index (χ2v) is 9.10. The molecule has 3 aromatic rings. The van der Waals surface area contributed by atoms with E-state index in [2.05, 4.69) is 33.9 Å². The maximum Gasteiger partial charge on any atom is 0.170 e. The third kappa shape index (κ3) is 4.33. The summed E-state index contributed by atoms with van der Waals surface area (Å²) in [5.41, 5.74) is 4.01. The van der Waals surface area contributed by atoms with E-state index < -0.39 is 0 Å². The van der Waals surface area contributed by atoms with Crippen LogP contribution in [-0.2, 0) is 0 Å². The lowest BCUT2D eigenvalue weighted by Crippen LogP contribution is -2.39. The Bertz CT molecular complexity index is 950. The van der Waals surface area contributed by atoms with Gasteiger partial charge in [-0.2, -0.15) is 0 Å². The van der Waals surface area contributed by atoms with E-state index in [1.54, 1.807) is 11.3 Å². The number of thiazole rings is 1. The van der Waals surface area contributed by atoms with Crippen LogP contribution in [0.5, 0.6) is 5.75 Å². The lowest BCUT2D eigenvalue weighted by atomic mass is 9.97. The van der Waals surface area contributed by atoms with Gasteiger partial charge in [-0.15, -0.1) is 11.3 Å². The van der Waals surface area contributed by atoms with Crippen LogP contribution in [0, 0.1) is 26.7 Å². The summed E-state index contributed by atoms with van der Waals surface area (Å²) < 4.78 is 7.28. The summed E-state index contributed by atoms with van der Waals surface area (Å²) in [6.45, 7) is 11.2. The fourth-order valence-electron chi connectivity index (χ4n) is 4.04. The summed E-state index contributed by atoms with van der Waals surface area (Å²) in [6, 6.07) is 8.65. The number of nitrogens with zero attached hydrogens (tertiary/aromatic N) is 4. The minimum absolute atomic E-state index is 0.291. The van der Waals surface area contributed by atoms with Gasteiger partial charge in [0.2, 0.25) is 0 Å². The molecule has 1 aliphatic rings. The van der Waals surface area contributed by atoms with Gasteiger partial charge in [-0.05, 0) is 59.2 Å². The van der Waals surface area contributed by atoms with Gasteiger partial charge in [0.05, 0.1) is 22.0 Å². The van der Waals surface area contributed by atoms with Crippen molar-refractivity contribution in [1.29, 1.82) is 0 Å². The summed E-state index contributed by atoms with van der Waals surface area (Å²) >= 11 is 1.71. The van der Waals surface area contributed by atoms with Gasteiger partial charge in [0, 0.05) is 42.0 Å². The molecule has 0 amide bonds. The standard InChI is InChI=1S/C22H28N4OS/c1-14-10-19(11-15(2)23-14)27-13-18-6-5-9-26(12-18)16(3)20-7-8-21-22(25-20)24-17(4)28-21/h7-8,10-11,16,18H,5-6,9,12-13H2,1-4H3/t16?,18-/m0/s1. The lowest BCUT2D eigenvalue weighted by Gasteiger charge is -2.36. The van der Waals surface area contributed by atoms with E-state index in [0.717, 1.165) is 53.2 Å². The topological polar surface area (TPSA) is 51.1 Å². The second kappa shape index (κ2) is 8.13. The molecular weight excluding hydrogens is 368 g/mol. The smallest absolute Gasteiger partial charge is 0.170 e. The SMILES string of the molecule is Cc1cc(OC[C@H]2CCCN(C(C)c3ccc4sc(C)nc4n3)C2)cc(C)n1. The van der Waals surface area contributed by atoms with Crippen molar-refractivity contribution < 1.29 is 4.74 Å². The Kier molecular flexibility index (Phi) is 5.60. The summed E-state index contributed by atoms with van der Waals surface area (Å²) in [7, 11) is 0. The first-order valence-electron chi connectivity index (χ1n) is 10.0. The number of pyridine rings is 2. The van der Waals surface area contributed by atoms with Crippen LogP contribution < -0.4 is 4.74 Å². The maximum absolute atomic E-state index is 6.11. The molecule has 0 aromatic carbocycles. The summed E-state index contributed by atoms with van der Waals surface area (Å²) in [5.74, 6) is 1.47. The van der Waals surface area contributed by atoms with Crippen LogP contribution in [0.4, 0.5) is 0 Å². The minimum atomic E-state index is 0.291. The molecule has 28 heavy (non-hydrogen) atoms. The highest BCUT2D eigenvalue weighted by atomic mass is 32.1. The van der Waals surface area contributed by atoms with Gasteiger partial charge >= 0.3 is 0 Å². The molecule has 0 N–H and O–H groups in total. The molecule has 1 saturated heterocycles. The highest BCUT2D eigenvalue weighted by molar-refractivity contribution is 7.18. The van der Waals surface area contributed by atoms with Crippen LogP contribution in [0.25, 0.3) is 10.3 Å². The van der Waals surface area contributed by atoms with E-state index in [4.69, 9.17) is 9.72 Å². The monoisotopic (exact) mass is 396 g/mol. The van der Waals surface area contributed by atoms with Gasteiger partial charge in [-0.25, -0.2) is 9.97 Å². The van der Waals surface area contributed by atoms with Crippen LogP contribution in [0.1, 0.15) is 47.9 Å². The van der Waals surface area contributed by atoms with E-state index >= 15 is 0 Å². The third-order valence-corrected chi connectivity index (χ3v) is 6.37. The predicted molar refractivity (Wildman–Crippen MR) is 114 cm³/mol. The van der Waals surface area contributed by atoms with Crippen molar-refractivity contribution in [3.63, 3.8) is 0 Å². The average Bonchev–Trinajstić information content (AvgIpc) is 3.04. The fraction of sp³-hybridized carbons (Fsp3) is 0.500. The third-order valence-electron chi connectivity index (χ3n) is 5.45. The highest BCUT2D eigenvalue weighted by Gasteiger charge is 2.26. The Hall–Kier alpha value is -2.05. The number of aromatic nitrogens is 3. The molecule has 0 saturated carbocycles. The number of piperidine rings is 1. The van der Waals surface area contributed by atoms with Crippen molar-refractivity contribution in [2.24, 2.45) is 5.92 Å². The normalized spacial score (nSPS) is 19.1. The van der Waals surface area contributed by atoms with Crippen molar-refractivity contribution >= 4 is 21.7 Å². The molecular formula is C22H28N4OS. The van der Waals surface area contributed by atoms with Crippen LogP contribution in [0.3, 0.4) is 0 Å². The number of rotatable bonds is 5. The molecule has 1 unspecified atom stereocenters. The molecule has 2 atom stereocenters. The molecule has 0 bridgehead atoms. The molecule has 4 heterocycles. The number of likely N-dealkylation sites (tertiary alicyclic amines) is 1. The second-order valence-electron chi connectivity index (χ2n) is 7.87. The van der Waals surface area contributed by atoms with Gasteiger partial charge in [-0.3, -0.25) is 9.88 Å². The molecule has 3 aromatic heterocycles. The molecule has 0 radical (unpaired) electrons. The summed E-state index contributed by atoms with van der Waals surface area (Å²) in [6.07, 6.45) is 2.41. The number of aryl methyl sites for hydroxylation is 3. The first-order chi connectivity index (χ1) is 13.5. The molecule has 1 fully saturated rings. The number of ether oxygens (including phenoxy) is 1. The van der Waals surface area contributed by atoms with Crippen molar-refractivity contribution in [3.05, 3.63) is 46.4 Å². The van der Waals surface area contributed by atoms with E-state index in [0.29, 0.717) is 12.0 Å². The molecule has 148 valence electrons. The van der Waals surface area contributed by atoms with Crippen molar-refractivity contribution in [3.8, 4) is 5.75 Å². The van der Waals surface area contributed by atoms with Crippen molar-refractivity contribution in [2.45, 2.75) is 46.6 Å². The van der Waals surface area contributed by atoms with E-state index in [9.17, 15) is 0 Å². The Balaban J connectivity index is 1.40. The van der Waals surface area contributed by atoms with Gasteiger partial charge in [0.1, 0.15) is 5.75 Å². The molecule has 5 nitrogen and oxygen atoms in total. The number of hydrogen-bond acceptors (Lipinski definition) is 6. The number of fused-ring (bicyclic) bond motifs is 1. The van der Waals surface area contributed by atoms with Crippen LogP contribution in [-0.4, -0.2) is 39.5 Å². The number of hydrogen-bond donors (Lipinski definition) is 0. The zero-order valence-corrected chi connectivity index (χ0v) is 17.9. The molecule has 1 aliphatic heterocycles. The Morgan fingerprint density at radius 2 is 1.93 bits per heavy atom. The van der Waals surface area contributed by atoms with Gasteiger partial charge in [-0.1, -0.05) is 0 Å². The molecule has 0 aliphatic carbocycles.